The molecule has 0 fully saturated rings. The highest BCUT2D eigenvalue weighted by molar-refractivity contribution is 14.1. The summed E-state index contributed by atoms with van der Waals surface area (Å²) < 4.78 is 6.16. The Balaban J connectivity index is 2.05. The molecule has 0 aliphatic rings. The van der Waals surface area contributed by atoms with Gasteiger partial charge >= 0.3 is 5.97 Å². The Bertz CT molecular complexity index is 718. The number of ether oxygens (including phenoxy) is 1. The molecule has 0 saturated heterocycles. The summed E-state index contributed by atoms with van der Waals surface area (Å²) >= 11 is 2.16. The number of ketones is 1. The monoisotopic (exact) mass is 408 g/mol. The summed E-state index contributed by atoms with van der Waals surface area (Å²) in [7, 11) is 0. The van der Waals surface area contributed by atoms with Gasteiger partial charge in [0.15, 0.2) is 6.61 Å². The lowest BCUT2D eigenvalue weighted by Gasteiger charge is -2.09. The van der Waals surface area contributed by atoms with E-state index in [-0.39, 0.29) is 12.4 Å². The van der Waals surface area contributed by atoms with E-state index in [2.05, 4.69) is 22.6 Å². The second-order valence-electron chi connectivity index (χ2n) is 5.26. The predicted molar refractivity (Wildman–Crippen MR) is 94.4 cm³/mol. The molecular weight excluding hydrogens is 391 g/mol. The number of benzene rings is 2. The van der Waals surface area contributed by atoms with Crippen LogP contribution in [-0.2, 0) is 4.74 Å². The van der Waals surface area contributed by atoms with Gasteiger partial charge in [-0.25, -0.2) is 4.79 Å². The Hall–Kier alpha value is -1.69. The zero-order valence-corrected chi connectivity index (χ0v) is 14.9. The number of hydrogen-bond acceptors (Lipinski definition) is 3. The fourth-order valence-corrected chi connectivity index (χ4v) is 2.50. The third kappa shape index (κ3) is 3.94. The Morgan fingerprint density at radius 1 is 0.955 bits per heavy atom. The van der Waals surface area contributed by atoms with Crippen molar-refractivity contribution in [1.29, 1.82) is 0 Å². The number of rotatable bonds is 4. The van der Waals surface area contributed by atoms with Crippen LogP contribution in [-0.4, -0.2) is 18.4 Å². The zero-order valence-electron chi connectivity index (χ0n) is 12.8. The van der Waals surface area contributed by atoms with Crippen molar-refractivity contribution in [3.05, 3.63) is 67.8 Å². The largest absolute Gasteiger partial charge is 0.454 e. The maximum absolute atomic E-state index is 12.2. The molecule has 0 saturated carbocycles. The van der Waals surface area contributed by atoms with Crippen LogP contribution in [0.3, 0.4) is 0 Å². The first-order chi connectivity index (χ1) is 10.4. The molecule has 0 amide bonds. The van der Waals surface area contributed by atoms with Gasteiger partial charge in [0.05, 0.1) is 5.56 Å². The molecule has 0 aliphatic heterocycles. The van der Waals surface area contributed by atoms with E-state index in [9.17, 15) is 9.59 Å². The molecule has 0 atom stereocenters. The number of carbonyl (C=O) groups is 2. The van der Waals surface area contributed by atoms with Gasteiger partial charge in [0, 0.05) is 9.13 Å². The van der Waals surface area contributed by atoms with Crippen molar-refractivity contribution in [3.8, 4) is 0 Å². The molecule has 3 nitrogen and oxygen atoms in total. The quantitative estimate of drug-likeness (QED) is 0.432. The van der Waals surface area contributed by atoms with Crippen LogP contribution in [0.1, 0.15) is 37.4 Å². The summed E-state index contributed by atoms with van der Waals surface area (Å²) in [5.74, 6) is -0.661. The van der Waals surface area contributed by atoms with Crippen LogP contribution in [0.15, 0.2) is 36.4 Å². The van der Waals surface area contributed by atoms with E-state index in [1.54, 1.807) is 12.1 Å². The number of hydrogen-bond donors (Lipinski definition) is 0. The van der Waals surface area contributed by atoms with E-state index >= 15 is 0 Å². The normalized spacial score (nSPS) is 10.4. The molecule has 0 aromatic heterocycles. The minimum atomic E-state index is -0.480. The summed E-state index contributed by atoms with van der Waals surface area (Å²) in [6, 6.07) is 10.9. The Labute approximate surface area is 143 Å². The smallest absolute Gasteiger partial charge is 0.338 e. The standard InChI is InChI=1S/C18H17IO3/c1-11-8-13(3)16(9-12(11)2)17(20)10-22-18(21)14-4-6-15(19)7-5-14/h4-9H,10H2,1-3H3. The second kappa shape index (κ2) is 7.05. The Morgan fingerprint density at radius 3 is 2.18 bits per heavy atom. The van der Waals surface area contributed by atoms with Gasteiger partial charge in [0.2, 0.25) is 5.78 Å². The summed E-state index contributed by atoms with van der Waals surface area (Å²) in [6.45, 7) is 5.62. The number of halogens is 1. The van der Waals surface area contributed by atoms with Crippen LogP contribution < -0.4 is 0 Å². The number of carbonyl (C=O) groups excluding carboxylic acids is 2. The summed E-state index contributed by atoms with van der Waals surface area (Å²) in [5.41, 5.74) is 4.16. The van der Waals surface area contributed by atoms with Gasteiger partial charge < -0.3 is 4.74 Å². The van der Waals surface area contributed by atoms with Gasteiger partial charge in [-0.2, -0.15) is 0 Å². The third-order valence-corrected chi connectivity index (χ3v) is 4.27. The SMILES string of the molecule is Cc1cc(C)c(C(=O)COC(=O)c2ccc(I)cc2)cc1C. The first kappa shape index (κ1) is 16.7. The number of Topliss-reactive ketones (excluding diaryl/α,β-unsaturated/α-hetero) is 1. The van der Waals surface area contributed by atoms with Gasteiger partial charge in [-0.1, -0.05) is 6.07 Å². The van der Waals surface area contributed by atoms with E-state index in [1.807, 2.05) is 45.0 Å². The molecule has 0 spiro atoms. The summed E-state index contributed by atoms with van der Waals surface area (Å²) in [6.07, 6.45) is 0. The van der Waals surface area contributed by atoms with E-state index < -0.39 is 5.97 Å². The topological polar surface area (TPSA) is 43.4 Å². The van der Waals surface area contributed by atoms with Crippen molar-refractivity contribution >= 4 is 34.3 Å². The minimum Gasteiger partial charge on any atom is -0.454 e. The van der Waals surface area contributed by atoms with E-state index in [0.29, 0.717) is 11.1 Å². The lowest BCUT2D eigenvalue weighted by atomic mass is 9.98. The maximum atomic E-state index is 12.2. The molecule has 0 radical (unpaired) electrons. The lowest BCUT2D eigenvalue weighted by molar-refractivity contribution is 0.0474. The molecule has 4 heteroatoms. The number of esters is 1. The molecule has 22 heavy (non-hydrogen) atoms. The zero-order chi connectivity index (χ0) is 16.3. The summed E-state index contributed by atoms with van der Waals surface area (Å²) in [5, 5.41) is 0. The Kier molecular flexibility index (Phi) is 5.34. The first-order valence-electron chi connectivity index (χ1n) is 6.92. The van der Waals surface area contributed by atoms with Crippen molar-refractivity contribution in [2.45, 2.75) is 20.8 Å². The minimum absolute atomic E-state index is 0.181. The highest BCUT2D eigenvalue weighted by atomic mass is 127. The molecule has 2 aromatic carbocycles. The van der Waals surface area contributed by atoms with Crippen LogP contribution in [0, 0.1) is 24.3 Å². The second-order valence-corrected chi connectivity index (χ2v) is 6.50. The van der Waals surface area contributed by atoms with Crippen molar-refractivity contribution in [2.75, 3.05) is 6.61 Å². The lowest BCUT2D eigenvalue weighted by Crippen LogP contribution is -2.15. The van der Waals surface area contributed by atoms with E-state index in [0.717, 1.165) is 20.3 Å². The molecule has 0 unspecified atom stereocenters. The average molecular weight is 408 g/mol. The van der Waals surface area contributed by atoms with Gasteiger partial charge in [0.1, 0.15) is 0 Å². The first-order valence-corrected chi connectivity index (χ1v) is 8.00. The van der Waals surface area contributed by atoms with Crippen molar-refractivity contribution in [2.24, 2.45) is 0 Å². The Morgan fingerprint density at radius 2 is 1.55 bits per heavy atom. The molecule has 114 valence electrons. The van der Waals surface area contributed by atoms with Crippen LogP contribution in [0.2, 0.25) is 0 Å². The third-order valence-electron chi connectivity index (χ3n) is 3.56. The molecule has 2 aromatic rings. The maximum Gasteiger partial charge on any atom is 0.338 e. The van der Waals surface area contributed by atoms with Crippen LogP contribution in [0.4, 0.5) is 0 Å². The van der Waals surface area contributed by atoms with Crippen LogP contribution in [0.25, 0.3) is 0 Å². The van der Waals surface area contributed by atoms with Crippen molar-refractivity contribution in [3.63, 3.8) is 0 Å². The molecular formula is C18H17IO3. The van der Waals surface area contributed by atoms with E-state index in [4.69, 9.17) is 4.74 Å². The molecule has 0 aliphatic carbocycles. The van der Waals surface area contributed by atoms with E-state index in [1.165, 1.54) is 0 Å². The number of aryl methyl sites for hydroxylation is 3. The van der Waals surface area contributed by atoms with Crippen molar-refractivity contribution in [1.82, 2.24) is 0 Å². The van der Waals surface area contributed by atoms with Crippen LogP contribution in [0.5, 0.6) is 0 Å². The van der Waals surface area contributed by atoms with Gasteiger partial charge in [-0.3, -0.25) is 4.79 Å². The van der Waals surface area contributed by atoms with Crippen molar-refractivity contribution < 1.29 is 14.3 Å². The summed E-state index contributed by atoms with van der Waals surface area (Å²) in [4.78, 5) is 24.2. The molecule has 0 bridgehead atoms. The molecule has 0 N–H and O–H groups in total. The highest BCUT2D eigenvalue weighted by Gasteiger charge is 2.14. The fraction of sp³-hybridized carbons (Fsp3) is 0.222. The molecule has 0 heterocycles. The van der Waals surface area contributed by atoms with Crippen LogP contribution >= 0.6 is 22.6 Å². The van der Waals surface area contributed by atoms with Gasteiger partial charge in [-0.15, -0.1) is 0 Å². The van der Waals surface area contributed by atoms with Gasteiger partial charge in [0.25, 0.3) is 0 Å². The molecule has 2 rings (SSSR count). The highest BCUT2D eigenvalue weighted by Crippen LogP contribution is 2.16. The predicted octanol–water partition coefficient (Wildman–Crippen LogP) is 4.26. The fourth-order valence-electron chi connectivity index (χ4n) is 2.14. The van der Waals surface area contributed by atoms with Gasteiger partial charge in [-0.05, 0) is 90.4 Å². The average Bonchev–Trinajstić information content (AvgIpc) is 2.49.